The van der Waals surface area contributed by atoms with Gasteiger partial charge in [0.25, 0.3) is 0 Å². The van der Waals surface area contributed by atoms with Crippen molar-refractivity contribution >= 4 is 29.4 Å². The highest BCUT2D eigenvalue weighted by Gasteiger charge is 2.38. The molecular weight excluding hydrogens is 497 g/mol. The minimum atomic E-state index is -5.08. The number of nitrogens with two attached hydrogens (primary N) is 1. The molecule has 0 fully saturated rings. The van der Waals surface area contributed by atoms with Gasteiger partial charge in [-0.05, 0) is 23.1 Å². The second kappa shape index (κ2) is 13.9. The number of carbonyl (C=O) groups is 4. The number of hydrogen-bond donors (Lipinski definition) is 4. The third kappa shape index (κ3) is 12.0. The summed E-state index contributed by atoms with van der Waals surface area (Å²) >= 11 is 0. The molecule has 0 aliphatic heterocycles. The minimum Gasteiger partial charge on any atom is -0.475 e. The number of amides is 2. The summed E-state index contributed by atoms with van der Waals surface area (Å²) in [5, 5.41) is 12.5. The Kier molecular flexibility index (Phi) is 11.7. The highest BCUT2D eigenvalue weighted by Crippen LogP contribution is 2.21. The van der Waals surface area contributed by atoms with Crippen LogP contribution < -0.4 is 16.4 Å². The van der Waals surface area contributed by atoms with Crippen molar-refractivity contribution in [3.63, 3.8) is 0 Å². The number of anilines is 1. The molecule has 2 unspecified atom stereocenters. The highest BCUT2D eigenvalue weighted by atomic mass is 19.4. The molecule has 2 atom stereocenters. The van der Waals surface area contributed by atoms with Crippen LogP contribution in [0.1, 0.15) is 32.8 Å². The Morgan fingerprint density at radius 2 is 1.54 bits per heavy atom. The van der Waals surface area contributed by atoms with Crippen LogP contribution >= 0.6 is 0 Å². The first-order chi connectivity index (χ1) is 17.1. The molecule has 0 aliphatic carbocycles. The van der Waals surface area contributed by atoms with E-state index < -0.39 is 41.5 Å². The van der Waals surface area contributed by atoms with Gasteiger partial charge in [-0.2, -0.15) is 13.2 Å². The monoisotopic (exact) mass is 526 g/mol. The zero-order chi connectivity index (χ0) is 28.2. The van der Waals surface area contributed by atoms with Gasteiger partial charge in [-0.15, -0.1) is 0 Å². The largest absolute Gasteiger partial charge is 0.490 e. The first-order valence-electron chi connectivity index (χ1n) is 10.9. The Bertz CT molecular complexity index is 1040. The number of pyridine rings is 1. The standard InChI is InChI=1S/C22H28N4O4.C2HF3O2/c1-22(2,3)19(21(29)25-16-9-11-24-12-10-16)26-20(28)17(23)13-18(27)30-14-15-7-5-4-6-8-15;3-2(4,5)1(6)7/h4-12,17,19H,13-14,23H2,1-3H3,(H,26,28)(H,24,25,29);(H,6,7). The van der Waals surface area contributed by atoms with Gasteiger partial charge in [0.05, 0.1) is 12.5 Å². The Balaban J connectivity index is 0.000000856. The van der Waals surface area contributed by atoms with E-state index in [1.165, 1.54) is 0 Å². The van der Waals surface area contributed by atoms with Crippen molar-refractivity contribution in [2.45, 2.75) is 52.1 Å². The molecule has 0 radical (unpaired) electrons. The summed E-state index contributed by atoms with van der Waals surface area (Å²) in [6.07, 6.45) is -2.27. The number of carboxylic acids is 1. The first-order valence-corrected chi connectivity index (χ1v) is 10.9. The van der Waals surface area contributed by atoms with E-state index in [0.717, 1.165) is 5.56 Å². The van der Waals surface area contributed by atoms with Crippen molar-refractivity contribution in [2.24, 2.45) is 11.1 Å². The van der Waals surface area contributed by atoms with Crippen LogP contribution in [0.3, 0.4) is 0 Å². The van der Waals surface area contributed by atoms with Crippen LogP contribution in [0.25, 0.3) is 0 Å². The highest BCUT2D eigenvalue weighted by molar-refractivity contribution is 5.98. The second-order valence-corrected chi connectivity index (χ2v) is 8.79. The summed E-state index contributed by atoms with van der Waals surface area (Å²) in [4.78, 5) is 50.1. The van der Waals surface area contributed by atoms with E-state index in [9.17, 15) is 27.6 Å². The lowest BCUT2D eigenvalue weighted by Gasteiger charge is -2.31. The molecule has 2 rings (SSSR count). The molecule has 202 valence electrons. The number of carboxylic acid groups (broad SMARTS) is 1. The average Bonchev–Trinajstić information content (AvgIpc) is 2.81. The third-order valence-corrected chi connectivity index (χ3v) is 4.57. The molecule has 37 heavy (non-hydrogen) atoms. The normalized spacial score (nSPS) is 12.7. The number of aromatic nitrogens is 1. The first kappa shape index (κ1) is 31.0. The van der Waals surface area contributed by atoms with Gasteiger partial charge in [0, 0.05) is 18.1 Å². The molecule has 2 aromatic rings. The fraction of sp³-hybridized carbons (Fsp3) is 0.375. The molecule has 0 spiro atoms. The quantitative estimate of drug-likeness (QED) is 0.382. The summed E-state index contributed by atoms with van der Waals surface area (Å²) in [5.74, 6) is -4.33. The van der Waals surface area contributed by atoms with Gasteiger partial charge >= 0.3 is 18.1 Å². The van der Waals surface area contributed by atoms with Crippen molar-refractivity contribution in [2.75, 3.05) is 5.32 Å². The number of rotatable bonds is 8. The molecule has 1 heterocycles. The number of halogens is 3. The number of aliphatic carboxylic acids is 1. The molecule has 13 heteroatoms. The van der Waals surface area contributed by atoms with Crippen LogP contribution in [0.2, 0.25) is 0 Å². The Morgan fingerprint density at radius 1 is 1.00 bits per heavy atom. The number of alkyl halides is 3. The van der Waals surface area contributed by atoms with Crippen molar-refractivity contribution < 1.29 is 42.2 Å². The van der Waals surface area contributed by atoms with E-state index >= 15 is 0 Å². The summed E-state index contributed by atoms with van der Waals surface area (Å²) in [6, 6.07) is 10.5. The van der Waals surface area contributed by atoms with E-state index in [1.54, 1.807) is 24.5 Å². The number of nitrogens with one attached hydrogen (secondary N) is 2. The van der Waals surface area contributed by atoms with Crippen LogP contribution in [-0.2, 0) is 30.5 Å². The van der Waals surface area contributed by atoms with Crippen molar-refractivity contribution in [3.8, 4) is 0 Å². The van der Waals surface area contributed by atoms with Crippen LogP contribution in [0.15, 0.2) is 54.9 Å². The maximum absolute atomic E-state index is 12.7. The molecule has 2 amide bonds. The third-order valence-electron chi connectivity index (χ3n) is 4.57. The van der Waals surface area contributed by atoms with E-state index in [1.807, 2.05) is 51.1 Å². The van der Waals surface area contributed by atoms with Crippen LogP contribution in [-0.4, -0.2) is 52.1 Å². The van der Waals surface area contributed by atoms with Gasteiger partial charge in [0.2, 0.25) is 11.8 Å². The maximum Gasteiger partial charge on any atom is 0.490 e. The van der Waals surface area contributed by atoms with Crippen LogP contribution in [0.5, 0.6) is 0 Å². The summed E-state index contributed by atoms with van der Waals surface area (Å²) in [6.45, 7) is 5.57. The lowest BCUT2D eigenvalue weighted by molar-refractivity contribution is -0.192. The molecule has 0 saturated carbocycles. The van der Waals surface area contributed by atoms with Gasteiger partial charge in [0.15, 0.2) is 0 Å². The average molecular weight is 527 g/mol. The molecular formula is C24H29F3N4O6. The number of carbonyl (C=O) groups excluding carboxylic acids is 3. The number of hydrogen-bond acceptors (Lipinski definition) is 7. The Labute approximate surface area is 211 Å². The van der Waals surface area contributed by atoms with Crippen molar-refractivity contribution in [3.05, 3.63) is 60.4 Å². The topological polar surface area (TPSA) is 161 Å². The zero-order valence-electron chi connectivity index (χ0n) is 20.4. The Morgan fingerprint density at radius 3 is 2.03 bits per heavy atom. The summed E-state index contributed by atoms with van der Waals surface area (Å²) < 4.78 is 36.9. The van der Waals surface area contributed by atoms with E-state index in [2.05, 4.69) is 15.6 Å². The van der Waals surface area contributed by atoms with Gasteiger partial charge in [-0.3, -0.25) is 19.4 Å². The summed E-state index contributed by atoms with van der Waals surface area (Å²) in [7, 11) is 0. The maximum atomic E-state index is 12.7. The van der Waals surface area contributed by atoms with E-state index in [0.29, 0.717) is 5.69 Å². The SMILES string of the molecule is CC(C)(C)C(NC(=O)C(N)CC(=O)OCc1ccccc1)C(=O)Nc1ccncc1.O=C(O)C(F)(F)F. The van der Waals surface area contributed by atoms with Gasteiger partial charge < -0.3 is 26.2 Å². The number of ether oxygens (including phenoxy) is 1. The second-order valence-electron chi connectivity index (χ2n) is 8.79. The molecule has 5 N–H and O–H groups in total. The van der Waals surface area contributed by atoms with Gasteiger partial charge in [-0.25, -0.2) is 4.79 Å². The van der Waals surface area contributed by atoms with Crippen LogP contribution in [0.4, 0.5) is 18.9 Å². The van der Waals surface area contributed by atoms with E-state index in [-0.39, 0.29) is 18.9 Å². The number of esters is 1. The summed E-state index contributed by atoms with van der Waals surface area (Å²) in [5.41, 5.74) is 6.70. The van der Waals surface area contributed by atoms with Crippen molar-refractivity contribution in [1.82, 2.24) is 10.3 Å². The fourth-order valence-corrected chi connectivity index (χ4v) is 2.64. The van der Waals surface area contributed by atoms with Crippen molar-refractivity contribution in [1.29, 1.82) is 0 Å². The fourth-order valence-electron chi connectivity index (χ4n) is 2.64. The number of benzene rings is 1. The van der Waals surface area contributed by atoms with E-state index in [4.69, 9.17) is 20.4 Å². The zero-order valence-corrected chi connectivity index (χ0v) is 20.4. The molecule has 0 aliphatic rings. The van der Waals surface area contributed by atoms with Crippen LogP contribution in [0, 0.1) is 5.41 Å². The lowest BCUT2D eigenvalue weighted by Crippen LogP contribution is -2.55. The molecule has 1 aromatic carbocycles. The predicted octanol–water partition coefficient (Wildman–Crippen LogP) is 2.65. The minimum absolute atomic E-state index is 0.104. The van der Waals surface area contributed by atoms with Gasteiger partial charge in [-0.1, -0.05) is 51.1 Å². The Hall–Kier alpha value is -4.00. The molecule has 1 aromatic heterocycles. The lowest BCUT2D eigenvalue weighted by atomic mass is 9.85. The number of nitrogens with zero attached hydrogens (tertiary/aromatic N) is 1. The smallest absolute Gasteiger partial charge is 0.475 e. The molecule has 0 saturated heterocycles. The molecule has 0 bridgehead atoms. The predicted molar refractivity (Wildman–Crippen MR) is 127 cm³/mol. The van der Waals surface area contributed by atoms with Gasteiger partial charge in [0.1, 0.15) is 12.6 Å². The molecule has 10 nitrogen and oxygen atoms in total.